The van der Waals surface area contributed by atoms with Gasteiger partial charge in [0.05, 0.1) is 6.04 Å². The van der Waals surface area contributed by atoms with E-state index in [-0.39, 0.29) is 6.10 Å². The number of rotatable bonds is 6. The first kappa shape index (κ1) is 22.8. The van der Waals surface area contributed by atoms with E-state index in [0.29, 0.717) is 12.1 Å². The van der Waals surface area contributed by atoms with E-state index in [2.05, 4.69) is 86.6 Å². The Kier molecular flexibility index (Phi) is 7.29. The lowest BCUT2D eigenvalue weighted by atomic mass is 9.99. The summed E-state index contributed by atoms with van der Waals surface area (Å²) in [6, 6.07) is 16.3. The molecule has 2 aromatic rings. The Labute approximate surface area is 206 Å². The van der Waals surface area contributed by atoms with Gasteiger partial charge in [-0.05, 0) is 86.2 Å². The first-order valence-electron chi connectivity index (χ1n) is 12.4. The normalized spacial score (nSPS) is 25.4. The molecule has 0 amide bonds. The van der Waals surface area contributed by atoms with Gasteiger partial charge < -0.3 is 10.1 Å². The zero-order valence-corrected chi connectivity index (χ0v) is 21.1. The molecule has 0 saturated carbocycles. The van der Waals surface area contributed by atoms with E-state index in [0.717, 1.165) is 55.7 Å². The van der Waals surface area contributed by atoms with Crippen LogP contribution in [0.15, 0.2) is 58.0 Å². The number of allylic oxidation sites excluding steroid dienone is 2. The molecule has 3 atom stereocenters. The molecule has 0 spiro atoms. The van der Waals surface area contributed by atoms with Gasteiger partial charge in [0.2, 0.25) is 0 Å². The number of likely N-dealkylation sites (tertiary alicyclic amines) is 1. The second kappa shape index (κ2) is 10.5. The number of fused-ring (bicyclic) bond motifs is 1. The zero-order chi connectivity index (χ0) is 22.6. The standard InChI is InChI=1S/C28H34BrN3O/c1-2-31-23-9-6-16-32(19-23)26-17-21-7-3-4-10-24(21)28(26)33-27-12-11-22(29)18-25(27)20-8-5-14-30-15-13-20/h3-4,7,10-13,15,18,23,26,28,31H,2,5-6,8-9,14,16-17,19H2,1H3. The summed E-state index contributed by atoms with van der Waals surface area (Å²) in [7, 11) is 0. The van der Waals surface area contributed by atoms with Crippen molar-refractivity contribution in [2.45, 2.75) is 57.2 Å². The summed E-state index contributed by atoms with van der Waals surface area (Å²) in [4.78, 5) is 7.14. The third-order valence-electron chi connectivity index (χ3n) is 7.21. The minimum Gasteiger partial charge on any atom is -0.483 e. The summed E-state index contributed by atoms with van der Waals surface area (Å²) in [6.45, 7) is 6.38. The number of hydrogen-bond donors (Lipinski definition) is 1. The summed E-state index contributed by atoms with van der Waals surface area (Å²) >= 11 is 3.69. The van der Waals surface area contributed by atoms with Crippen LogP contribution in [0.3, 0.4) is 0 Å². The van der Waals surface area contributed by atoms with Crippen LogP contribution in [0.2, 0.25) is 0 Å². The molecule has 4 nitrogen and oxygen atoms in total. The van der Waals surface area contributed by atoms with Gasteiger partial charge in [-0.3, -0.25) is 9.89 Å². The highest BCUT2D eigenvalue weighted by Gasteiger charge is 2.39. The Morgan fingerprint density at radius 3 is 3.00 bits per heavy atom. The molecule has 1 fully saturated rings. The van der Waals surface area contributed by atoms with Gasteiger partial charge in [-0.25, -0.2) is 0 Å². The third kappa shape index (κ3) is 5.11. The van der Waals surface area contributed by atoms with E-state index in [1.165, 1.54) is 35.1 Å². The molecule has 3 unspecified atom stereocenters. The molecule has 3 aliphatic rings. The van der Waals surface area contributed by atoms with Crippen molar-refractivity contribution in [2.75, 3.05) is 26.2 Å². The molecular weight excluding hydrogens is 474 g/mol. The van der Waals surface area contributed by atoms with Crippen LogP contribution in [0, 0.1) is 0 Å². The number of likely N-dealkylation sites (N-methyl/N-ethyl adjacent to an activating group) is 1. The van der Waals surface area contributed by atoms with E-state index in [1.54, 1.807) is 0 Å². The summed E-state index contributed by atoms with van der Waals surface area (Å²) in [5.41, 5.74) is 5.27. The van der Waals surface area contributed by atoms with Crippen molar-refractivity contribution < 1.29 is 4.74 Å². The predicted molar refractivity (Wildman–Crippen MR) is 140 cm³/mol. The SMILES string of the molecule is CCNC1CCCN(C2Cc3ccccc3C2Oc2ccc(Br)cc2C2=CC=NCCC2)C1. The van der Waals surface area contributed by atoms with Crippen molar-refractivity contribution in [1.29, 1.82) is 0 Å². The lowest BCUT2D eigenvalue weighted by Gasteiger charge is -2.39. The predicted octanol–water partition coefficient (Wildman–Crippen LogP) is 5.82. The van der Waals surface area contributed by atoms with Crippen LogP contribution in [0.5, 0.6) is 5.75 Å². The van der Waals surface area contributed by atoms with Crippen molar-refractivity contribution in [1.82, 2.24) is 10.2 Å². The fraction of sp³-hybridized carbons (Fsp3) is 0.464. The minimum atomic E-state index is 0.0431. The maximum absolute atomic E-state index is 6.97. The van der Waals surface area contributed by atoms with Gasteiger partial charge in [0.15, 0.2) is 0 Å². The minimum absolute atomic E-state index is 0.0431. The molecule has 174 valence electrons. The van der Waals surface area contributed by atoms with Crippen LogP contribution < -0.4 is 10.1 Å². The smallest absolute Gasteiger partial charge is 0.140 e. The molecule has 2 aromatic carbocycles. The van der Waals surface area contributed by atoms with Crippen molar-refractivity contribution in [2.24, 2.45) is 4.99 Å². The first-order chi connectivity index (χ1) is 16.2. The quantitative estimate of drug-likeness (QED) is 0.535. The zero-order valence-electron chi connectivity index (χ0n) is 19.5. The molecule has 0 bridgehead atoms. The molecule has 33 heavy (non-hydrogen) atoms. The Bertz CT molecular complexity index is 1030. The van der Waals surface area contributed by atoms with E-state index in [9.17, 15) is 0 Å². The highest BCUT2D eigenvalue weighted by molar-refractivity contribution is 9.10. The number of hydrogen-bond acceptors (Lipinski definition) is 4. The van der Waals surface area contributed by atoms with Gasteiger partial charge in [0, 0.05) is 35.4 Å². The maximum atomic E-state index is 6.97. The van der Waals surface area contributed by atoms with Gasteiger partial charge in [-0.15, -0.1) is 0 Å². The average Bonchev–Trinajstić information content (AvgIpc) is 2.99. The summed E-state index contributed by atoms with van der Waals surface area (Å²) in [5.74, 6) is 0.978. The Balaban J connectivity index is 1.46. The highest BCUT2D eigenvalue weighted by Crippen LogP contribution is 2.41. The molecule has 2 heterocycles. The average molecular weight is 509 g/mol. The second-order valence-corrected chi connectivity index (χ2v) is 10.3. The number of ether oxygens (including phenoxy) is 1. The van der Waals surface area contributed by atoms with Gasteiger partial charge in [0.25, 0.3) is 0 Å². The van der Waals surface area contributed by atoms with Crippen molar-refractivity contribution in [3.63, 3.8) is 0 Å². The van der Waals surface area contributed by atoms with E-state index >= 15 is 0 Å². The maximum Gasteiger partial charge on any atom is 0.140 e. The van der Waals surface area contributed by atoms with Crippen molar-refractivity contribution >= 4 is 27.7 Å². The molecule has 0 radical (unpaired) electrons. The molecule has 2 aliphatic heterocycles. The third-order valence-corrected chi connectivity index (χ3v) is 7.70. The molecule has 0 aromatic heterocycles. The summed E-state index contributed by atoms with van der Waals surface area (Å²) in [6.07, 6.45) is 9.82. The fourth-order valence-corrected chi connectivity index (χ4v) is 6.00. The van der Waals surface area contributed by atoms with Gasteiger partial charge in [0.1, 0.15) is 11.9 Å². The van der Waals surface area contributed by atoms with E-state index in [4.69, 9.17) is 4.74 Å². The van der Waals surface area contributed by atoms with Crippen LogP contribution in [0.4, 0.5) is 0 Å². The van der Waals surface area contributed by atoms with Crippen molar-refractivity contribution in [3.8, 4) is 5.75 Å². The van der Waals surface area contributed by atoms with Crippen molar-refractivity contribution in [3.05, 3.63) is 69.7 Å². The molecule has 1 saturated heterocycles. The number of halogens is 1. The molecule has 1 aliphatic carbocycles. The van der Waals surface area contributed by atoms with Crippen LogP contribution in [-0.2, 0) is 6.42 Å². The largest absolute Gasteiger partial charge is 0.483 e. The number of nitrogens with zero attached hydrogens (tertiary/aromatic N) is 2. The monoisotopic (exact) mass is 507 g/mol. The molecule has 5 heteroatoms. The highest BCUT2D eigenvalue weighted by atomic mass is 79.9. The number of aliphatic imine (C=N–C) groups is 1. The summed E-state index contributed by atoms with van der Waals surface area (Å²) in [5, 5.41) is 3.68. The Morgan fingerprint density at radius 2 is 2.09 bits per heavy atom. The molecule has 5 rings (SSSR count). The van der Waals surface area contributed by atoms with Crippen LogP contribution >= 0.6 is 15.9 Å². The van der Waals surface area contributed by atoms with Gasteiger partial charge >= 0.3 is 0 Å². The molecular formula is C28H34BrN3O. The number of nitrogens with one attached hydrogen (secondary N) is 1. The van der Waals surface area contributed by atoms with Crippen LogP contribution in [0.1, 0.15) is 55.4 Å². The lowest BCUT2D eigenvalue weighted by Crippen LogP contribution is -2.51. The Morgan fingerprint density at radius 1 is 1.18 bits per heavy atom. The van der Waals surface area contributed by atoms with Gasteiger partial charge in [-0.1, -0.05) is 47.1 Å². The second-order valence-electron chi connectivity index (χ2n) is 9.39. The van der Waals surface area contributed by atoms with Gasteiger partial charge in [-0.2, -0.15) is 0 Å². The molecule has 1 N–H and O–H groups in total. The van der Waals surface area contributed by atoms with E-state index < -0.39 is 0 Å². The topological polar surface area (TPSA) is 36.9 Å². The lowest BCUT2D eigenvalue weighted by molar-refractivity contribution is 0.0547. The first-order valence-corrected chi connectivity index (χ1v) is 13.2. The van der Waals surface area contributed by atoms with Crippen LogP contribution in [0.25, 0.3) is 5.57 Å². The summed E-state index contributed by atoms with van der Waals surface area (Å²) < 4.78 is 8.06. The van der Waals surface area contributed by atoms with E-state index in [1.807, 2.05) is 6.21 Å². The number of benzene rings is 2. The fourth-order valence-electron chi connectivity index (χ4n) is 5.64. The Hall–Kier alpha value is -1.95. The number of piperidine rings is 1. The van der Waals surface area contributed by atoms with Crippen LogP contribution in [-0.4, -0.2) is 49.4 Å².